The SMILES string of the molecule is Cc1oc(CN)cc1S(=O)(=O)NCC1CCCCO1. The van der Waals surface area contributed by atoms with Crippen LogP contribution in [-0.2, 0) is 21.3 Å². The van der Waals surface area contributed by atoms with Crippen molar-refractivity contribution >= 4 is 10.0 Å². The van der Waals surface area contributed by atoms with Crippen molar-refractivity contribution in [1.29, 1.82) is 0 Å². The molecule has 0 bridgehead atoms. The van der Waals surface area contributed by atoms with Gasteiger partial charge in [0, 0.05) is 19.2 Å². The van der Waals surface area contributed by atoms with Crippen LogP contribution in [-0.4, -0.2) is 27.7 Å². The van der Waals surface area contributed by atoms with E-state index in [0.717, 1.165) is 19.3 Å². The highest BCUT2D eigenvalue weighted by atomic mass is 32.2. The van der Waals surface area contributed by atoms with Crippen molar-refractivity contribution in [2.45, 2.75) is 43.7 Å². The van der Waals surface area contributed by atoms with E-state index in [1.165, 1.54) is 6.07 Å². The van der Waals surface area contributed by atoms with E-state index in [-0.39, 0.29) is 17.5 Å². The Bertz CT molecular complexity index is 518. The Morgan fingerprint density at radius 3 is 2.84 bits per heavy atom. The summed E-state index contributed by atoms with van der Waals surface area (Å²) >= 11 is 0. The molecule has 1 aromatic heterocycles. The van der Waals surface area contributed by atoms with E-state index in [1.54, 1.807) is 6.92 Å². The van der Waals surface area contributed by atoms with Crippen LogP contribution in [0.25, 0.3) is 0 Å². The summed E-state index contributed by atoms with van der Waals surface area (Å²) in [5.74, 6) is 0.823. The van der Waals surface area contributed by atoms with E-state index in [1.807, 2.05) is 0 Å². The lowest BCUT2D eigenvalue weighted by atomic mass is 10.1. The molecule has 7 heteroatoms. The summed E-state index contributed by atoms with van der Waals surface area (Å²) < 4.78 is 37.6. The molecule has 2 rings (SSSR count). The number of rotatable bonds is 5. The third-order valence-corrected chi connectivity index (χ3v) is 4.72. The normalized spacial score (nSPS) is 20.6. The Balaban J connectivity index is 2.02. The minimum atomic E-state index is -3.56. The molecule has 0 aromatic carbocycles. The van der Waals surface area contributed by atoms with Crippen LogP contribution in [0.1, 0.15) is 30.8 Å². The zero-order valence-electron chi connectivity index (χ0n) is 11.0. The third kappa shape index (κ3) is 3.56. The van der Waals surface area contributed by atoms with E-state index in [9.17, 15) is 8.42 Å². The summed E-state index contributed by atoms with van der Waals surface area (Å²) in [6.45, 7) is 2.80. The monoisotopic (exact) mass is 288 g/mol. The molecule has 0 radical (unpaired) electrons. The second-order valence-electron chi connectivity index (χ2n) is 4.68. The van der Waals surface area contributed by atoms with Gasteiger partial charge in [0.15, 0.2) is 0 Å². The van der Waals surface area contributed by atoms with Gasteiger partial charge in [-0.3, -0.25) is 0 Å². The first-order chi connectivity index (χ1) is 9.03. The number of hydrogen-bond donors (Lipinski definition) is 2. The zero-order chi connectivity index (χ0) is 13.9. The molecule has 1 fully saturated rings. The lowest BCUT2D eigenvalue weighted by Gasteiger charge is -2.22. The minimum Gasteiger partial charge on any atom is -0.464 e. The van der Waals surface area contributed by atoms with E-state index >= 15 is 0 Å². The predicted molar refractivity (Wildman–Crippen MR) is 70.1 cm³/mol. The first-order valence-corrected chi connectivity index (χ1v) is 7.92. The molecule has 0 saturated carbocycles. The van der Waals surface area contributed by atoms with Gasteiger partial charge in [-0.15, -0.1) is 0 Å². The van der Waals surface area contributed by atoms with Gasteiger partial charge in [-0.05, 0) is 26.2 Å². The molecular weight excluding hydrogens is 268 g/mol. The molecule has 1 aromatic rings. The van der Waals surface area contributed by atoms with Gasteiger partial charge in [0.25, 0.3) is 0 Å². The molecule has 0 spiro atoms. The largest absolute Gasteiger partial charge is 0.464 e. The van der Waals surface area contributed by atoms with Crippen LogP contribution in [0.2, 0.25) is 0 Å². The average Bonchev–Trinajstić information content (AvgIpc) is 2.80. The number of aryl methyl sites for hydroxylation is 1. The van der Waals surface area contributed by atoms with Crippen LogP contribution in [0.5, 0.6) is 0 Å². The Labute approximate surface area is 113 Å². The minimum absolute atomic E-state index is 0.0373. The van der Waals surface area contributed by atoms with Gasteiger partial charge in [-0.2, -0.15) is 0 Å². The maximum absolute atomic E-state index is 12.2. The van der Waals surface area contributed by atoms with Crippen LogP contribution >= 0.6 is 0 Å². The summed E-state index contributed by atoms with van der Waals surface area (Å²) in [7, 11) is -3.56. The Morgan fingerprint density at radius 1 is 1.47 bits per heavy atom. The first kappa shape index (κ1) is 14.5. The maximum Gasteiger partial charge on any atom is 0.244 e. The molecule has 1 atom stereocenters. The molecule has 19 heavy (non-hydrogen) atoms. The Hall–Kier alpha value is -0.890. The zero-order valence-corrected chi connectivity index (χ0v) is 11.8. The van der Waals surface area contributed by atoms with Gasteiger partial charge in [-0.1, -0.05) is 0 Å². The van der Waals surface area contributed by atoms with Gasteiger partial charge >= 0.3 is 0 Å². The highest BCUT2D eigenvalue weighted by Gasteiger charge is 2.23. The smallest absolute Gasteiger partial charge is 0.244 e. The van der Waals surface area contributed by atoms with Crippen LogP contribution < -0.4 is 10.5 Å². The van der Waals surface area contributed by atoms with Crippen molar-refractivity contribution in [3.8, 4) is 0 Å². The molecule has 2 heterocycles. The molecular formula is C12H20N2O4S. The summed E-state index contributed by atoms with van der Waals surface area (Å²) in [4.78, 5) is 0.156. The van der Waals surface area contributed by atoms with Crippen molar-refractivity contribution in [2.75, 3.05) is 13.2 Å². The Kier molecular flexibility index (Phi) is 4.62. The van der Waals surface area contributed by atoms with Crippen molar-refractivity contribution in [3.63, 3.8) is 0 Å². The van der Waals surface area contributed by atoms with Gasteiger partial charge in [0.05, 0.1) is 12.6 Å². The van der Waals surface area contributed by atoms with Gasteiger partial charge in [-0.25, -0.2) is 13.1 Å². The summed E-state index contributed by atoms with van der Waals surface area (Å²) in [6.07, 6.45) is 2.98. The Morgan fingerprint density at radius 2 is 2.26 bits per heavy atom. The number of furan rings is 1. The molecule has 1 aliphatic rings. The van der Waals surface area contributed by atoms with Gasteiger partial charge < -0.3 is 14.9 Å². The standard InChI is InChI=1S/C12H20N2O4S/c1-9-12(6-11(7-13)18-9)19(15,16)14-8-10-4-2-3-5-17-10/h6,10,14H,2-5,7-8,13H2,1H3. The van der Waals surface area contributed by atoms with Crippen LogP contribution in [0.4, 0.5) is 0 Å². The second kappa shape index (κ2) is 6.04. The van der Waals surface area contributed by atoms with Crippen LogP contribution in [0.3, 0.4) is 0 Å². The van der Waals surface area contributed by atoms with E-state index in [2.05, 4.69) is 4.72 Å². The molecule has 0 amide bonds. The lowest BCUT2D eigenvalue weighted by Crippen LogP contribution is -2.35. The topological polar surface area (TPSA) is 94.6 Å². The maximum atomic E-state index is 12.2. The number of nitrogens with two attached hydrogens (primary N) is 1. The van der Waals surface area contributed by atoms with Crippen molar-refractivity contribution in [3.05, 3.63) is 17.6 Å². The molecule has 3 N–H and O–H groups in total. The number of hydrogen-bond acceptors (Lipinski definition) is 5. The molecule has 1 unspecified atom stereocenters. The van der Waals surface area contributed by atoms with Crippen LogP contribution in [0, 0.1) is 6.92 Å². The van der Waals surface area contributed by atoms with Gasteiger partial charge in [0.2, 0.25) is 10.0 Å². The molecule has 1 aliphatic heterocycles. The summed E-state index contributed by atoms with van der Waals surface area (Å²) in [6, 6.07) is 1.47. The fourth-order valence-corrected chi connectivity index (χ4v) is 3.41. The molecule has 6 nitrogen and oxygen atoms in total. The van der Waals surface area contributed by atoms with E-state index in [4.69, 9.17) is 14.9 Å². The highest BCUT2D eigenvalue weighted by Crippen LogP contribution is 2.20. The average molecular weight is 288 g/mol. The fraction of sp³-hybridized carbons (Fsp3) is 0.667. The second-order valence-corrected chi connectivity index (χ2v) is 6.41. The predicted octanol–water partition coefficient (Wildman–Crippen LogP) is 0.894. The summed E-state index contributed by atoms with van der Waals surface area (Å²) in [5, 5.41) is 0. The van der Waals surface area contributed by atoms with Crippen molar-refractivity contribution < 1.29 is 17.6 Å². The van der Waals surface area contributed by atoms with Gasteiger partial charge in [0.1, 0.15) is 16.4 Å². The quantitative estimate of drug-likeness (QED) is 0.839. The summed E-state index contributed by atoms with van der Waals surface area (Å²) in [5.41, 5.74) is 5.44. The van der Waals surface area contributed by atoms with Crippen molar-refractivity contribution in [2.24, 2.45) is 5.73 Å². The lowest BCUT2D eigenvalue weighted by molar-refractivity contribution is 0.0200. The van der Waals surface area contributed by atoms with Crippen molar-refractivity contribution in [1.82, 2.24) is 4.72 Å². The number of sulfonamides is 1. The highest BCUT2D eigenvalue weighted by molar-refractivity contribution is 7.89. The van der Waals surface area contributed by atoms with E-state index < -0.39 is 10.0 Å². The molecule has 1 saturated heterocycles. The van der Waals surface area contributed by atoms with Crippen LogP contribution in [0.15, 0.2) is 15.4 Å². The van der Waals surface area contributed by atoms with E-state index in [0.29, 0.717) is 24.7 Å². The molecule has 108 valence electrons. The first-order valence-electron chi connectivity index (χ1n) is 6.43. The third-order valence-electron chi connectivity index (χ3n) is 3.19. The molecule has 0 aliphatic carbocycles. The fourth-order valence-electron chi connectivity index (χ4n) is 2.14. The number of ether oxygens (including phenoxy) is 1. The number of nitrogens with one attached hydrogen (secondary N) is 1.